The molecule has 25 heavy (non-hydrogen) atoms. The van der Waals surface area contributed by atoms with Crippen molar-refractivity contribution in [1.29, 1.82) is 0 Å². The lowest BCUT2D eigenvalue weighted by Gasteiger charge is -2.11. The highest BCUT2D eigenvalue weighted by molar-refractivity contribution is 14.1. The summed E-state index contributed by atoms with van der Waals surface area (Å²) in [5.41, 5.74) is 2.63. The van der Waals surface area contributed by atoms with Gasteiger partial charge in [-0.05, 0) is 92.7 Å². The predicted molar refractivity (Wildman–Crippen MR) is 119 cm³/mol. The predicted octanol–water partition coefficient (Wildman–Crippen LogP) is 5.63. The first kappa shape index (κ1) is 18.4. The minimum absolute atomic E-state index is 0.269. The standard InChI is InChI=1S/C20H17I2NO2/c1-13-18(11-16(21)12-19(13)22)20(24)25-9-8-23-17-7-6-14-4-2-3-5-15(14)10-17/h2-7,10-12,23H,8-9H2,1H3. The maximum Gasteiger partial charge on any atom is 0.338 e. The van der Waals surface area contributed by atoms with Gasteiger partial charge in [0.25, 0.3) is 0 Å². The van der Waals surface area contributed by atoms with Crippen molar-refractivity contribution in [3.63, 3.8) is 0 Å². The van der Waals surface area contributed by atoms with Crippen LogP contribution in [0.25, 0.3) is 10.8 Å². The van der Waals surface area contributed by atoms with E-state index in [4.69, 9.17) is 4.74 Å². The molecule has 0 saturated carbocycles. The van der Waals surface area contributed by atoms with E-state index in [-0.39, 0.29) is 5.97 Å². The first-order valence-electron chi connectivity index (χ1n) is 7.90. The van der Waals surface area contributed by atoms with Gasteiger partial charge in [-0.1, -0.05) is 30.3 Å². The zero-order valence-electron chi connectivity index (χ0n) is 13.7. The topological polar surface area (TPSA) is 38.3 Å². The molecule has 0 bridgehead atoms. The Morgan fingerprint density at radius 2 is 1.80 bits per heavy atom. The number of nitrogens with one attached hydrogen (secondary N) is 1. The molecule has 5 heteroatoms. The summed E-state index contributed by atoms with van der Waals surface area (Å²) >= 11 is 4.46. The van der Waals surface area contributed by atoms with Crippen molar-refractivity contribution in [2.45, 2.75) is 6.92 Å². The largest absolute Gasteiger partial charge is 0.460 e. The van der Waals surface area contributed by atoms with Crippen LogP contribution >= 0.6 is 45.2 Å². The van der Waals surface area contributed by atoms with Gasteiger partial charge in [-0.25, -0.2) is 4.79 Å². The number of anilines is 1. The Labute approximate surface area is 174 Å². The highest BCUT2D eigenvalue weighted by Gasteiger charge is 2.13. The molecule has 0 fully saturated rings. The summed E-state index contributed by atoms with van der Waals surface area (Å²) in [7, 11) is 0. The monoisotopic (exact) mass is 557 g/mol. The van der Waals surface area contributed by atoms with Crippen LogP contribution in [0.1, 0.15) is 15.9 Å². The third-order valence-electron chi connectivity index (χ3n) is 3.94. The summed E-state index contributed by atoms with van der Waals surface area (Å²) in [6.45, 7) is 2.85. The minimum Gasteiger partial charge on any atom is -0.460 e. The van der Waals surface area contributed by atoms with E-state index in [1.165, 1.54) is 10.8 Å². The molecule has 0 aliphatic rings. The molecule has 0 saturated heterocycles. The van der Waals surface area contributed by atoms with Crippen LogP contribution in [0.15, 0.2) is 54.6 Å². The molecule has 128 valence electrons. The Hall–Kier alpha value is -1.35. The van der Waals surface area contributed by atoms with Gasteiger partial charge in [-0.2, -0.15) is 0 Å². The van der Waals surface area contributed by atoms with Gasteiger partial charge in [-0.3, -0.25) is 0 Å². The number of ether oxygens (including phenoxy) is 1. The van der Waals surface area contributed by atoms with E-state index in [1.807, 2.05) is 31.2 Å². The fourth-order valence-electron chi connectivity index (χ4n) is 2.57. The molecule has 0 heterocycles. The second-order valence-corrected chi connectivity index (χ2v) is 8.09. The van der Waals surface area contributed by atoms with Gasteiger partial charge in [0.15, 0.2) is 0 Å². The first-order chi connectivity index (χ1) is 12.0. The number of esters is 1. The Morgan fingerprint density at radius 3 is 2.60 bits per heavy atom. The fourth-order valence-corrected chi connectivity index (χ4v) is 4.42. The van der Waals surface area contributed by atoms with Crippen LogP contribution in [-0.2, 0) is 4.74 Å². The number of hydrogen-bond donors (Lipinski definition) is 1. The van der Waals surface area contributed by atoms with E-state index >= 15 is 0 Å². The molecule has 0 spiro atoms. The van der Waals surface area contributed by atoms with E-state index in [0.717, 1.165) is 18.4 Å². The van der Waals surface area contributed by atoms with Gasteiger partial charge in [0.2, 0.25) is 0 Å². The summed E-state index contributed by atoms with van der Waals surface area (Å²) in [6, 6.07) is 18.4. The summed E-state index contributed by atoms with van der Waals surface area (Å²) in [5.74, 6) is -0.269. The summed E-state index contributed by atoms with van der Waals surface area (Å²) in [4.78, 5) is 12.3. The van der Waals surface area contributed by atoms with Crippen LogP contribution in [0.5, 0.6) is 0 Å². The van der Waals surface area contributed by atoms with Gasteiger partial charge in [0, 0.05) is 19.4 Å². The van der Waals surface area contributed by atoms with Crippen LogP contribution in [0.2, 0.25) is 0 Å². The van der Waals surface area contributed by atoms with E-state index in [2.05, 4.69) is 80.8 Å². The minimum atomic E-state index is -0.269. The molecule has 3 aromatic carbocycles. The van der Waals surface area contributed by atoms with Crippen LogP contribution in [0.3, 0.4) is 0 Å². The average Bonchev–Trinajstić information content (AvgIpc) is 2.61. The van der Waals surface area contributed by atoms with E-state index in [0.29, 0.717) is 18.7 Å². The number of fused-ring (bicyclic) bond motifs is 1. The maximum absolute atomic E-state index is 12.3. The lowest BCUT2D eigenvalue weighted by Crippen LogP contribution is -2.15. The number of rotatable bonds is 5. The van der Waals surface area contributed by atoms with E-state index in [1.54, 1.807) is 0 Å². The smallest absolute Gasteiger partial charge is 0.338 e. The zero-order chi connectivity index (χ0) is 17.8. The normalized spacial score (nSPS) is 10.7. The van der Waals surface area contributed by atoms with E-state index in [9.17, 15) is 4.79 Å². The Kier molecular flexibility index (Phi) is 6.16. The summed E-state index contributed by atoms with van der Waals surface area (Å²) in [6.07, 6.45) is 0. The Balaban J connectivity index is 1.56. The number of carbonyl (C=O) groups excluding carboxylic acids is 1. The first-order valence-corrected chi connectivity index (χ1v) is 10.1. The van der Waals surface area contributed by atoms with Crippen LogP contribution in [-0.4, -0.2) is 19.1 Å². The van der Waals surface area contributed by atoms with Crippen molar-refractivity contribution in [3.05, 3.63) is 72.9 Å². The van der Waals surface area contributed by atoms with Crippen molar-refractivity contribution in [1.82, 2.24) is 0 Å². The lowest BCUT2D eigenvalue weighted by molar-refractivity contribution is 0.0519. The maximum atomic E-state index is 12.3. The molecular weight excluding hydrogens is 540 g/mol. The van der Waals surface area contributed by atoms with Gasteiger partial charge in [-0.15, -0.1) is 0 Å². The molecule has 0 unspecified atom stereocenters. The molecule has 0 amide bonds. The fraction of sp³-hybridized carbons (Fsp3) is 0.150. The number of halogens is 2. The number of benzene rings is 3. The quantitative estimate of drug-likeness (QED) is 0.252. The molecule has 0 aliphatic heterocycles. The second kappa shape index (κ2) is 8.35. The van der Waals surface area contributed by atoms with Gasteiger partial charge in [0.05, 0.1) is 5.56 Å². The number of hydrogen-bond acceptors (Lipinski definition) is 3. The van der Waals surface area contributed by atoms with Crippen molar-refractivity contribution < 1.29 is 9.53 Å². The molecule has 1 N–H and O–H groups in total. The average molecular weight is 557 g/mol. The molecular formula is C20H17I2NO2. The van der Waals surface area contributed by atoms with Gasteiger partial charge >= 0.3 is 5.97 Å². The van der Waals surface area contributed by atoms with Crippen molar-refractivity contribution in [2.75, 3.05) is 18.5 Å². The third-order valence-corrected chi connectivity index (χ3v) is 5.69. The van der Waals surface area contributed by atoms with Crippen molar-refractivity contribution in [3.8, 4) is 0 Å². The van der Waals surface area contributed by atoms with Crippen molar-refractivity contribution in [2.24, 2.45) is 0 Å². The van der Waals surface area contributed by atoms with Gasteiger partial charge in [0.1, 0.15) is 6.61 Å². The SMILES string of the molecule is Cc1c(I)cc(I)cc1C(=O)OCCNc1ccc2ccccc2c1. The number of carbonyl (C=O) groups is 1. The Morgan fingerprint density at radius 1 is 1.04 bits per heavy atom. The van der Waals surface area contributed by atoms with E-state index < -0.39 is 0 Å². The lowest BCUT2D eigenvalue weighted by atomic mass is 10.1. The summed E-state index contributed by atoms with van der Waals surface area (Å²) < 4.78 is 7.53. The van der Waals surface area contributed by atoms with Crippen LogP contribution in [0.4, 0.5) is 5.69 Å². The van der Waals surface area contributed by atoms with Crippen LogP contribution in [0, 0.1) is 14.1 Å². The highest BCUT2D eigenvalue weighted by atomic mass is 127. The zero-order valence-corrected chi connectivity index (χ0v) is 18.0. The second-order valence-electron chi connectivity index (χ2n) is 5.68. The van der Waals surface area contributed by atoms with Gasteiger partial charge < -0.3 is 10.1 Å². The molecule has 0 radical (unpaired) electrons. The third kappa shape index (κ3) is 4.63. The molecule has 0 aromatic heterocycles. The van der Waals surface area contributed by atoms with Crippen LogP contribution < -0.4 is 5.32 Å². The molecule has 3 rings (SSSR count). The molecule has 3 aromatic rings. The van der Waals surface area contributed by atoms with Crippen molar-refractivity contribution >= 4 is 67.6 Å². The molecule has 0 atom stereocenters. The molecule has 0 aliphatic carbocycles. The summed E-state index contributed by atoms with van der Waals surface area (Å²) in [5, 5.41) is 5.70. The Bertz CT molecular complexity index is 925. The highest BCUT2D eigenvalue weighted by Crippen LogP contribution is 2.21. The molecule has 3 nitrogen and oxygen atoms in total.